The average molecular weight is 339 g/mol. The number of hydrogen-bond donors (Lipinski definition) is 2. The Morgan fingerprint density at radius 3 is 3.00 bits per heavy atom. The fourth-order valence-electron chi connectivity index (χ4n) is 1.75. The second kappa shape index (κ2) is 5.58. The molecule has 0 bridgehead atoms. The van der Waals surface area contributed by atoms with Crippen molar-refractivity contribution < 1.29 is 9.90 Å². The maximum Gasteiger partial charge on any atom is 0.347 e. The van der Waals surface area contributed by atoms with Gasteiger partial charge < -0.3 is 10.1 Å². The first kappa shape index (κ1) is 14.2. The monoisotopic (exact) mass is 339 g/mol. The van der Waals surface area contributed by atoms with Gasteiger partial charge >= 0.3 is 5.97 Å². The lowest BCUT2D eigenvalue weighted by Crippen LogP contribution is -2.09. The first-order valence-electron chi connectivity index (χ1n) is 5.84. The molecular formula is C12H9N3O3S3. The van der Waals surface area contributed by atoms with Crippen LogP contribution in [0.2, 0.25) is 0 Å². The van der Waals surface area contributed by atoms with Crippen molar-refractivity contribution >= 4 is 50.6 Å². The Morgan fingerprint density at radius 1 is 1.48 bits per heavy atom. The summed E-state index contributed by atoms with van der Waals surface area (Å²) >= 11 is 3.85. The molecule has 0 radical (unpaired) electrons. The van der Waals surface area contributed by atoms with Crippen molar-refractivity contribution in [3.63, 3.8) is 0 Å². The molecule has 0 spiro atoms. The van der Waals surface area contributed by atoms with Crippen molar-refractivity contribution in [3.8, 4) is 0 Å². The lowest BCUT2D eigenvalue weighted by Gasteiger charge is -1.98. The van der Waals surface area contributed by atoms with Crippen molar-refractivity contribution in [3.05, 3.63) is 38.2 Å². The number of carboxylic acid groups (broad SMARTS) is 1. The quantitative estimate of drug-likeness (QED) is 0.710. The second-order valence-corrected chi connectivity index (χ2v) is 7.27. The summed E-state index contributed by atoms with van der Waals surface area (Å²) in [5.74, 6) is 0.0243. The highest BCUT2D eigenvalue weighted by Crippen LogP contribution is 2.29. The topological polar surface area (TPSA) is 95.9 Å². The first-order valence-corrected chi connectivity index (χ1v) is 8.52. The number of carboxylic acids is 1. The molecule has 0 amide bonds. The summed E-state index contributed by atoms with van der Waals surface area (Å²) in [7, 11) is 0. The molecule has 3 aromatic rings. The molecule has 0 aliphatic rings. The van der Waals surface area contributed by atoms with Gasteiger partial charge in [-0.05, 0) is 18.4 Å². The van der Waals surface area contributed by atoms with Crippen LogP contribution >= 0.6 is 34.4 Å². The van der Waals surface area contributed by atoms with E-state index in [1.54, 1.807) is 13.0 Å². The van der Waals surface area contributed by atoms with Crippen molar-refractivity contribution in [2.45, 2.75) is 17.0 Å². The van der Waals surface area contributed by atoms with E-state index in [1.165, 1.54) is 23.1 Å². The minimum Gasteiger partial charge on any atom is -0.477 e. The molecule has 0 saturated carbocycles. The zero-order valence-electron chi connectivity index (χ0n) is 10.7. The highest BCUT2D eigenvalue weighted by molar-refractivity contribution is 8.00. The molecule has 3 rings (SSSR count). The van der Waals surface area contributed by atoms with Crippen LogP contribution in [0.3, 0.4) is 0 Å². The molecule has 9 heteroatoms. The molecule has 21 heavy (non-hydrogen) atoms. The maximum absolute atomic E-state index is 11.8. The molecule has 0 atom stereocenters. The third-order valence-corrected chi connectivity index (χ3v) is 5.87. The van der Waals surface area contributed by atoms with Gasteiger partial charge in [0.05, 0.1) is 17.0 Å². The van der Waals surface area contributed by atoms with E-state index in [0.717, 1.165) is 11.3 Å². The minimum atomic E-state index is -0.969. The Kier molecular flexibility index (Phi) is 3.79. The van der Waals surface area contributed by atoms with Gasteiger partial charge in [0.15, 0.2) is 4.34 Å². The Hall–Kier alpha value is -1.71. The predicted octanol–water partition coefficient (Wildman–Crippen LogP) is 2.74. The summed E-state index contributed by atoms with van der Waals surface area (Å²) in [6.07, 6.45) is 0. The highest BCUT2D eigenvalue weighted by atomic mass is 32.2. The van der Waals surface area contributed by atoms with Crippen LogP contribution in [0.15, 0.2) is 20.6 Å². The van der Waals surface area contributed by atoms with Crippen LogP contribution in [0.25, 0.3) is 10.2 Å². The standard InChI is InChI=1S/C12H9N3O3S3/c1-5-8(11(17)18)21-12(13-5)20-4-7-14-6-2-3-19-9(6)10(16)15-7/h2-3H,4H2,1H3,(H,17,18)(H,14,15,16). The van der Waals surface area contributed by atoms with Crippen LogP contribution in [-0.2, 0) is 5.75 Å². The largest absolute Gasteiger partial charge is 0.477 e. The van der Waals surface area contributed by atoms with Gasteiger partial charge in [-0.1, -0.05) is 11.8 Å². The molecule has 0 aliphatic heterocycles. The lowest BCUT2D eigenvalue weighted by molar-refractivity contribution is 0.0701. The van der Waals surface area contributed by atoms with E-state index in [2.05, 4.69) is 15.0 Å². The normalized spacial score (nSPS) is 11.1. The molecule has 0 fully saturated rings. The fraction of sp³-hybridized carbons (Fsp3) is 0.167. The number of carbonyl (C=O) groups is 1. The van der Waals surface area contributed by atoms with Gasteiger partial charge in [0.2, 0.25) is 0 Å². The van der Waals surface area contributed by atoms with E-state index < -0.39 is 5.97 Å². The van der Waals surface area contributed by atoms with Crippen molar-refractivity contribution in [2.75, 3.05) is 0 Å². The van der Waals surface area contributed by atoms with Gasteiger partial charge in [-0.15, -0.1) is 22.7 Å². The van der Waals surface area contributed by atoms with Gasteiger partial charge in [-0.3, -0.25) is 4.79 Å². The summed E-state index contributed by atoms with van der Waals surface area (Å²) in [6, 6.07) is 1.81. The summed E-state index contributed by atoms with van der Waals surface area (Å²) in [6.45, 7) is 1.67. The third-order valence-electron chi connectivity index (χ3n) is 2.67. The number of aromatic amines is 1. The fourth-order valence-corrected chi connectivity index (χ4v) is 4.38. The molecule has 3 aromatic heterocycles. The Bertz CT molecular complexity index is 881. The summed E-state index contributed by atoms with van der Waals surface area (Å²) in [5, 5.41) is 10.8. The van der Waals surface area contributed by atoms with Gasteiger partial charge in [0.25, 0.3) is 5.56 Å². The van der Waals surface area contributed by atoms with Gasteiger partial charge in [-0.25, -0.2) is 14.8 Å². The van der Waals surface area contributed by atoms with Crippen LogP contribution in [0.1, 0.15) is 21.2 Å². The summed E-state index contributed by atoms with van der Waals surface area (Å²) < 4.78 is 1.26. The number of thioether (sulfide) groups is 1. The number of hydrogen-bond acceptors (Lipinski definition) is 7. The number of nitrogens with zero attached hydrogens (tertiary/aromatic N) is 2. The zero-order valence-corrected chi connectivity index (χ0v) is 13.2. The maximum atomic E-state index is 11.8. The minimum absolute atomic E-state index is 0.146. The molecule has 3 heterocycles. The number of aryl methyl sites for hydroxylation is 1. The van der Waals surface area contributed by atoms with E-state index >= 15 is 0 Å². The number of nitrogens with one attached hydrogen (secondary N) is 1. The van der Waals surface area contributed by atoms with E-state index in [1.807, 2.05) is 5.38 Å². The highest BCUT2D eigenvalue weighted by Gasteiger charge is 2.14. The Balaban J connectivity index is 1.81. The predicted molar refractivity (Wildman–Crippen MR) is 83.6 cm³/mol. The van der Waals surface area contributed by atoms with Crippen molar-refractivity contribution in [1.82, 2.24) is 15.0 Å². The average Bonchev–Trinajstić information content (AvgIpc) is 3.03. The van der Waals surface area contributed by atoms with Gasteiger partial charge in [-0.2, -0.15) is 0 Å². The molecule has 0 aliphatic carbocycles. The molecule has 0 aromatic carbocycles. The van der Waals surface area contributed by atoms with E-state index in [-0.39, 0.29) is 10.4 Å². The molecular weight excluding hydrogens is 330 g/mol. The first-order chi connectivity index (χ1) is 10.0. The van der Waals surface area contributed by atoms with Crippen LogP contribution < -0.4 is 5.56 Å². The third kappa shape index (κ3) is 2.85. The molecule has 6 nitrogen and oxygen atoms in total. The molecule has 0 unspecified atom stereocenters. The van der Waals surface area contributed by atoms with Gasteiger partial charge in [0.1, 0.15) is 15.4 Å². The molecule has 108 valence electrons. The van der Waals surface area contributed by atoms with Crippen LogP contribution in [0, 0.1) is 6.92 Å². The SMILES string of the molecule is Cc1nc(SCc2nc3ccsc3c(=O)[nH]2)sc1C(=O)O. The van der Waals surface area contributed by atoms with E-state index in [4.69, 9.17) is 5.11 Å². The molecule has 0 saturated heterocycles. The number of H-pyrrole nitrogens is 1. The Labute approximate surface area is 130 Å². The van der Waals surface area contributed by atoms with Crippen molar-refractivity contribution in [2.24, 2.45) is 0 Å². The number of aromatic nitrogens is 3. The van der Waals surface area contributed by atoms with E-state index in [0.29, 0.717) is 31.8 Å². The van der Waals surface area contributed by atoms with E-state index in [9.17, 15) is 9.59 Å². The number of thiophene rings is 1. The van der Waals surface area contributed by atoms with Crippen molar-refractivity contribution in [1.29, 1.82) is 0 Å². The number of thiazole rings is 1. The summed E-state index contributed by atoms with van der Waals surface area (Å²) in [5.41, 5.74) is 1.04. The number of rotatable bonds is 4. The number of fused-ring (bicyclic) bond motifs is 1. The lowest BCUT2D eigenvalue weighted by atomic mass is 10.4. The smallest absolute Gasteiger partial charge is 0.347 e. The zero-order chi connectivity index (χ0) is 15.0. The summed E-state index contributed by atoms with van der Waals surface area (Å²) in [4.78, 5) is 34.4. The Morgan fingerprint density at radius 2 is 2.29 bits per heavy atom. The van der Waals surface area contributed by atoms with Crippen LogP contribution in [0.4, 0.5) is 0 Å². The molecule has 2 N–H and O–H groups in total. The number of aromatic carboxylic acids is 1. The van der Waals surface area contributed by atoms with Crippen LogP contribution in [0.5, 0.6) is 0 Å². The van der Waals surface area contributed by atoms with Crippen LogP contribution in [-0.4, -0.2) is 26.0 Å². The second-order valence-electron chi connectivity index (χ2n) is 4.14. The van der Waals surface area contributed by atoms with Gasteiger partial charge in [0, 0.05) is 0 Å².